The molecule has 0 atom stereocenters. The lowest BCUT2D eigenvalue weighted by Gasteiger charge is -2.04. The fourth-order valence-electron chi connectivity index (χ4n) is 1.98. The average Bonchev–Trinajstić information content (AvgIpc) is 3.10. The molecule has 0 amide bonds. The van der Waals surface area contributed by atoms with Crippen molar-refractivity contribution in [2.45, 2.75) is 25.9 Å². The van der Waals surface area contributed by atoms with Crippen LogP contribution < -0.4 is 5.73 Å². The van der Waals surface area contributed by atoms with E-state index in [9.17, 15) is 0 Å². The first-order chi connectivity index (χ1) is 8.74. The number of nitrogens with zero attached hydrogens (tertiary/aromatic N) is 4. The molecule has 3 rings (SSSR count). The molecule has 1 fully saturated rings. The van der Waals surface area contributed by atoms with E-state index in [0.717, 1.165) is 30.0 Å². The summed E-state index contributed by atoms with van der Waals surface area (Å²) in [5, 5.41) is 4.91. The van der Waals surface area contributed by atoms with E-state index in [1.807, 2.05) is 7.05 Å². The van der Waals surface area contributed by atoms with Gasteiger partial charge < -0.3 is 10.5 Å². The van der Waals surface area contributed by atoms with Crippen molar-refractivity contribution in [3.05, 3.63) is 12.0 Å². The van der Waals surface area contributed by atoms with Gasteiger partial charge in [-0.05, 0) is 12.3 Å². The van der Waals surface area contributed by atoms with Gasteiger partial charge in [0.05, 0.1) is 11.6 Å². The van der Waals surface area contributed by atoms with Gasteiger partial charge in [0.25, 0.3) is 0 Å². The van der Waals surface area contributed by atoms with E-state index in [4.69, 9.17) is 10.5 Å². The molecule has 1 saturated carbocycles. The molecular weight excluding hydrogens is 230 g/mol. The van der Waals surface area contributed by atoms with E-state index < -0.39 is 0 Å². The summed E-state index contributed by atoms with van der Waals surface area (Å²) in [5.74, 6) is 1.98. The van der Waals surface area contributed by atoms with Crippen LogP contribution in [0, 0.1) is 5.92 Å². The second-order valence-corrected chi connectivity index (χ2v) is 4.82. The average molecular weight is 247 g/mol. The van der Waals surface area contributed by atoms with E-state index in [1.165, 1.54) is 12.8 Å². The summed E-state index contributed by atoms with van der Waals surface area (Å²) in [6, 6.07) is 0. The Balaban J connectivity index is 1.68. The summed E-state index contributed by atoms with van der Waals surface area (Å²) < 4.78 is 7.28. The predicted octanol–water partition coefficient (Wildman–Crippen LogP) is 1.26. The standard InChI is InChI=1S/C12H17N5O/c1-17-12-9(6-14-17)11(13)15-10(16-12)7-18-5-4-8-2-3-8/h6,8H,2-5,7H2,1H3,(H2,13,15,16). The van der Waals surface area contributed by atoms with Crippen LogP contribution in [0.25, 0.3) is 11.0 Å². The first kappa shape index (κ1) is 11.4. The normalized spacial score (nSPS) is 15.4. The van der Waals surface area contributed by atoms with Crippen molar-refractivity contribution < 1.29 is 4.74 Å². The lowest BCUT2D eigenvalue weighted by Crippen LogP contribution is -2.05. The molecule has 0 aromatic carbocycles. The van der Waals surface area contributed by atoms with Crippen LogP contribution in [0.2, 0.25) is 0 Å². The minimum Gasteiger partial charge on any atom is -0.383 e. The number of anilines is 1. The number of aromatic nitrogens is 4. The Bertz CT molecular complexity index is 561. The first-order valence-corrected chi connectivity index (χ1v) is 6.26. The van der Waals surface area contributed by atoms with Crippen LogP contribution >= 0.6 is 0 Å². The number of nitrogens with two attached hydrogens (primary N) is 1. The van der Waals surface area contributed by atoms with Crippen LogP contribution in [0.5, 0.6) is 0 Å². The van der Waals surface area contributed by atoms with Crippen LogP contribution in [0.3, 0.4) is 0 Å². The summed E-state index contributed by atoms with van der Waals surface area (Å²) in [6.07, 6.45) is 5.54. The topological polar surface area (TPSA) is 78.9 Å². The number of aryl methyl sites for hydroxylation is 1. The third-order valence-electron chi connectivity index (χ3n) is 3.27. The van der Waals surface area contributed by atoms with Gasteiger partial charge in [-0.15, -0.1) is 0 Å². The van der Waals surface area contributed by atoms with E-state index in [1.54, 1.807) is 10.9 Å². The first-order valence-electron chi connectivity index (χ1n) is 6.26. The van der Waals surface area contributed by atoms with Crippen LogP contribution in [-0.2, 0) is 18.4 Å². The molecule has 18 heavy (non-hydrogen) atoms. The maximum Gasteiger partial charge on any atom is 0.163 e. The fraction of sp³-hybridized carbons (Fsp3) is 0.583. The highest BCUT2D eigenvalue weighted by Gasteiger charge is 2.20. The molecule has 0 bridgehead atoms. The molecule has 1 aliphatic rings. The Morgan fingerprint density at radius 3 is 3.06 bits per heavy atom. The molecule has 0 aliphatic heterocycles. The van der Waals surface area contributed by atoms with E-state index in [2.05, 4.69) is 15.1 Å². The number of fused-ring (bicyclic) bond motifs is 1. The van der Waals surface area contributed by atoms with Crippen molar-refractivity contribution in [1.82, 2.24) is 19.7 Å². The highest BCUT2D eigenvalue weighted by atomic mass is 16.5. The summed E-state index contributed by atoms with van der Waals surface area (Å²) in [5.41, 5.74) is 6.63. The molecule has 96 valence electrons. The van der Waals surface area contributed by atoms with Gasteiger partial charge in [0.1, 0.15) is 12.4 Å². The van der Waals surface area contributed by atoms with Gasteiger partial charge in [-0.3, -0.25) is 4.68 Å². The van der Waals surface area contributed by atoms with E-state index >= 15 is 0 Å². The summed E-state index contributed by atoms with van der Waals surface area (Å²) in [6.45, 7) is 1.19. The molecule has 2 aromatic rings. The predicted molar refractivity (Wildman–Crippen MR) is 67.7 cm³/mol. The number of hydrogen-bond donors (Lipinski definition) is 1. The third kappa shape index (κ3) is 2.28. The number of hydrogen-bond acceptors (Lipinski definition) is 5. The van der Waals surface area contributed by atoms with Gasteiger partial charge in [-0.2, -0.15) is 5.10 Å². The zero-order chi connectivity index (χ0) is 12.5. The molecule has 2 heterocycles. The monoisotopic (exact) mass is 247 g/mol. The largest absolute Gasteiger partial charge is 0.383 e. The highest BCUT2D eigenvalue weighted by Crippen LogP contribution is 2.32. The SMILES string of the molecule is Cn1ncc2c(N)nc(COCCC3CC3)nc21. The summed E-state index contributed by atoms with van der Waals surface area (Å²) in [7, 11) is 1.84. The fourth-order valence-corrected chi connectivity index (χ4v) is 1.98. The Hall–Kier alpha value is -1.69. The van der Waals surface area contributed by atoms with E-state index in [-0.39, 0.29) is 0 Å². The van der Waals surface area contributed by atoms with Crippen molar-refractivity contribution in [2.24, 2.45) is 13.0 Å². The van der Waals surface area contributed by atoms with Crippen molar-refractivity contribution in [3.8, 4) is 0 Å². The molecule has 0 saturated heterocycles. The molecule has 2 aromatic heterocycles. The quantitative estimate of drug-likeness (QED) is 0.805. The van der Waals surface area contributed by atoms with Gasteiger partial charge in [-0.1, -0.05) is 12.8 Å². The van der Waals surface area contributed by atoms with Crippen molar-refractivity contribution in [3.63, 3.8) is 0 Å². The molecular formula is C12H17N5O. The Kier molecular flexibility index (Phi) is 2.87. The number of nitrogen functional groups attached to an aromatic ring is 1. The number of rotatable bonds is 5. The maximum atomic E-state index is 5.87. The van der Waals surface area contributed by atoms with Gasteiger partial charge in [0.15, 0.2) is 11.5 Å². The van der Waals surface area contributed by atoms with E-state index in [0.29, 0.717) is 18.2 Å². The molecule has 0 radical (unpaired) electrons. The molecule has 0 unspecified atom stereocenters. The van der Waals surface area contributed by atoms with Crippen LogP contribution in [0.4, 0.5) is 5.82 Å². The molecule has 6 heteroatoms. The van der Waals surface area contributed by atoms with Gasteiger partial charge >= 0.3 is 0 Å². The minimum absolute atomic E-state index is 0.415. The second-order valence-electron chi connectivity index (χ2n) is 4.82. The van der Waals surface area contributed by atoms with Crippen molar-refractivity contribution >= 4 is 16.9 Å². The smallest absolute Gasteiger partial charge is 0.163 e. The van der Waals surface area contributed by atoms with Gasteiger partial charge in [0, 0.05) is 13.7 Å². The highest BCUT2D eigenvalue weighted by molar-refractivity contribution is 5.84. The molecule has 2 N–H and O–H groups in total. The lowest BCUT2D eigenvalue weighted by atomic mass is 10.3. The third-order valence-corrected chi connectivity index (χ3v) is 3.27. The molecule has 1 aliphatic carbocycles. The number of ether oxygens (including phenoxy) is 1. The van der Waals surface area contributed by atoms with Gasteiger partial charge in [0.2, 0.25) is 0 Å². The Labute approximate surface area is 105 Å². The van der Waals surface area contributed by atoms with Crippen LogP contribution in [0.1, 0.15) is 25.1 Å². The Morgan fingerprint density at radius 2 is 2.28 bits per heavy atom. The van der Waals surface area contributed by atoms with Gasteiger partial charge in [-0.25, -0.2) is 9.97 Å². The second kappa shape index (κ2) is 4.53. The zero-order valence-electron chi connectivity index (χ0n) is 10.5. The summed E-state index contributed by atoms with van der Waals surface area (Å²) in [4.78, 5) is 8.65. The van der Waals surface area contributed by atoms with Crippen LogP contribution in [0.15, 0.2) is 6.20 Å². The van der Waals surface area contributed by atoms with Crippen molar-refractivity contribution in [2.75, 3.05) is 12.3 Å². The summed E-state index contributed by atoms with van der Waals surface area (Å²) >= 11 is 0. The van der Waals surface area contributed by atoms with Crippen molar-refractivity contribution in [1.29, 1.82) is 0 Å². The molecule has 6 nitrogen and oxygen atoms in total. The maximum absolute atomic E-state index is 5.87. The van der Waals surface area contributed by atoms with Crippen LogP contribution in [-0.4, -0.2) is 26.4 Å². The Morgan fingerprint density at radius 1 is 1.44 bits per heavy atom. The lowest BCUT2D eigenvalue weighted by molar-refractivity contribution is 0.110. The zero-order valence-corrected chi connectivity index (χ0v) is 10.5. The molecule has 0 spiro atoms. The minimum atomic E-state index is 0.415.